The zero-order valence-corrected chi connectivity index (χ0v) is 22.2. The van der Waals surface area contributed by atoms with E-state index < -0.39 is 0 Å². The van der Waals surface area contributed by atoms with Gasteiger partial charge in [-0.2, -0.15) is 0 Å². The van der Waals surface area contributed by atoms with Crippen molar-refractivity contribution in [2.45, 2.75) is 37.8 Å². The van der Waals surface area contributed by atoms with Crippen LogP contribution in [0.1, 0.15) is 47.9 Å². The van der Waals surface area contributed by atoms with Crippen LogP contribution in [0.25, 0.3) is 0 Å². The zero-order valence-electron chi connectivity index (χ0n) is 20.7. The molecule has 2 atom stereocenters. The largest absolute Gasteiger partial charge is 0.507 e. The van der Waals surface area contributed by atoms with Crippen LogP contribution < -0.4 is 0 Å². The van der Waals surface area contributed by atoms with Crippen molar-refractivity contribution in [2.75, 3.05) is 0 Å². The Morgan fingerprint density at radius 3 is 1.24 bits per heavy atom. The van der Waals surface area contributed by atoms with Crippen molar-refractivity contribution in [1.29, 1.82) is 0 Å². The van der Waals surface area contributed by atoms with Gasteiger partial charge in [0.1, 0.15) is 11.5 Å². The van der Waals surface area contributed by atoms with Gasteiger partial charge in [-0.15, -0.1) is 0 Å². The Labute approximate surface area is 233 Å². The summed E-state index contributed by atoms with van der Waals surface area (Å²) < 4.78 is 0. The molecule has 4 aromatic rings. The van der Waals surface area contributed by atoms with Crippen molar-refractivity contribution in [3.05, 3.63) is 131 Å². The molecule has 5 rings (SSSR count). The number of benzene rings is 4. The summed E-state index contributed by atoms with van der Waals surface area (Å²) in [5.41, 5.74) is 4.95. The topological polar surface area (TPSA) is 65.2 Å². The van der Waals surface area contributed by atoms with Gasteiger partial charge in [-0.3, -0.25) is 9.98 Å². The number of hydrogen-bond acceptors (Lipinski definition) is 4. The van der Waals surface area contributed by atoms with Crippen LogP contribution in [0.4, 0.5) is 0 Å². The molecule has 0 amide bonds. The van der Waals surface area contributed by atoms with Gasteiger partial charge in [-0.1, -0.05) is 97.8 Å². The number of rotatable bonds is 6. The molecule has 184 valence electrons. The third-order valence-electron chi connectivity index (χ3n) is 6.70. The smallest absolute Gasteiger partial charge is 0.124 e. The summed E-state index contributed by atoms with van der Waals surface area (Å²) in [5.74, 6) is 0.435. The molecule has 1 aliphatic rings. The number of phenolic OH excluding ortho intramolecular Hbond substituents is 2. The molecule has 2 unspecified atom stereocenters. The number of phenols is 2. The quantitative estimate of drug-likeness (QED) is 0.217. The van der Waals surface area contributed by atoms with E-state index in [1.54, 1.807) is 12.1 Å². The second-order valence-electron chi connectivity index (χ2n) is 9.14. The summed E-state index contributed by atoms with van der Waals surface area (Å²) in [4.78, 5) is 10.5. The van der Waals surface area contributed by atoms with Crippen LogP contribution in [0.2, 0.25) is 0 Å². The molecule has 0 spiro atoms. The maximum Gasteiger partial charge on any atom is 0.124 e. The monoisotopic (exact) mass is 522 g/mol. The average Bonchev–Trinajstić information content (AvgIpc) is 2.93. The zero-order chi connectivity index (χ0) is 24.7. The predicted molar refractivity (Wildman–Crippen MR) is 146 cm³/mol. The van der Waals surface area contributed by atoms with E-state index in [-0.39, 0.29) is 45.3 Å². The Kier molecular flexibility index (Phi) is 9.11. The number of nitrogens with zero attached hydrogens (tertiary/aromatic N) is 2. The normalized spacial score (nSPS) is 18.2. The van der Waals surface area contributed by atoms with Crippen molar-refractivity contribution < 1.29 is 31.9 Å². The molecular formula is C32H30N2O2Ti. The fraction of sp³-hybridized carbons (Fsp3) is 0.188. The van der Waals surface area contributed by atoms with E-state index in [9.17, 15) is 10.2 Å². The molecule has 1 fully saturated rings. The van der Waals surface area contributed by atoms with E-state index in [0.717, 1.165) is 59.4 Å². The van der Waals surface area contributed by atoms with Crippen LogP contribution in [0, 0.1) is 0 Å². The number of para-hydroxylation sites is 2. The van der Waals surface area contributed by atoms with E-state index >= 15 is 0 Å². The second kappa shape index (κ2) is 12.7. The maximum absolute atomic E-state index is 10.7. The van der Waals surface area contributed by atoms with E-state index in [1.807, 2.05) is 97.1 Å². The molecule has 1 aliphatic carbocycles. The van der Waals surface area contributed by atoms with Gasteiger partial charge in [0.2, 0.25) is 0 Å². The third kappa shape index (κ3) is 6.27. The summed E-state index contributed by atoms with van der Waals surface area (Å²) in [6.45, 7) is 0. The van der Waals surface area contributed by atoms with Gasteiger partial charge < -0.3 is 10.2 Å². The van der Waals surface area contributed by atoms with Gasteiger partial charge in [0, 0.05) is 44.0 Å². The van der Waals surface area contributed by atoms with Crippen LogP contribution in [-0.2, 0) is 21.7 Å². The Hall–Kier alpha value is -3.47. The summed E-state index contributed by atoms with van der Waals surface area (Å²) in [6, 6.07) is 34.7. The van der Waals surface area contributed by atoms with Gasteiger partial charge in [0.25, 0.3) is 0 Å². The van der Waals surface area contributed by atoms with Gasteiger partial charge in [0.05, 0.1) is 23.5 Å². The molecule has 0 radical (unpaired) electrons. The molecule has 0 heterocycles. The SMILES string of the molecule is Oc1ccccc1C(=NC1CCCCC1N=C(c1ccccc1)c1ccccc1O)c1ccccc1.[Ti]. The molecule has 0 aliphatic heterocycles. The van der Waals surface area contributed by atoms with Crippen LogP contribution in [-0.4, -0.2) is 33.7 Å². The second-order valence-corrected chi connectivity index (χ2v) is 9.14. The average molecular weight is 522 g/mol. The van der Waals surface area contributed by atoms with Crippen molar-refractivity contribution in [3.8, 4) is 11.5 Å². The minimum atomic E-state index is -0.0434. The van der Waals surface area contributed by atoms with E-state index in [4.69, 9.17) is 9.98 Å². The molecule has 1 saturated carbocycles. The number of hydrogen-bond donors (Lipinski definition) is 2. The Balaban J connectivity index is 0.00000320. The van der Waals surface area contributed by atoms with Crippen molar-refractivity contribution >= 4 is 11.4 Å². The first-order chi connectivity index (χ1) is 17.7. The van der Waals surface area contributed by atoms with Gasteiger partial charge in [-0.25, -0.2) is 0 Å². The minimum Gasteiger partial charge on any atom is -0.507 e. The van der Waals surface area contributed by atoms with Crippen LogP contribution in [0.5, 0.6) is 11.5 Å². The summed E-state index contributed by atoms with van der Waals surface area (Å²) >= 11 is 0. The molecule has 0 saturated heterocycles. The summed E-state index contributed by atoms with van der Waals surface area (Å²) in [5, 5.41) is 21.3. The minimum absolute atomic E-state index is 0. The van der Waals surface area contributed by atoms with Crippen LogP contribution in [0.15, 0.2) is 119 Å². The maximum atomic E-state index is 10.7. The Morgan fingerprint density at radius 2 is 0.865 bits per heavy atom. The van der Waals surface area contributed by atoms with Crippen molar-refractivity contribution in [3.63, 3.8) is 0 Å². The first kappa shape index (κ1) is 26.6. The van der Waals surface area contributed by atoms with Gasteiger partial charge in [0.15, 0.2) is 0 Å². The molecule has 0 bridgehead atoms. The van der Waals surface area contributed by atoms with Crippen LogP contribution in [0.3, 0.4) is 0 Å². The van der Waals surface area contributed by atoms with Gasteiger partial charge >= 0.3 is 0 Å². The first-order valence-electron chi connectivity index (χ1n) is 12.5. The summed E-state index contributed by atoms with van der Waals surface area (Å²) in [7, 11) is 0. The molecular weight excluding hydrogens is 492 g/mol. The third-order valence-corrected chi connectivity index (χ3v) is 6.70. The molecule has 0 aromatic heterocycles. The Bertz CT molecular complexity index is 1260. The molecule has 37 heavy (non-hydrogen) atoms. The van der Waals surface area contributed by atoms with Crippen LogP contribution >= 0.6 is 0 Å². The molecule has 4 aromatic carbocycles. The predicted octanol–water partition coefficient (Wildman–Crippen LogP) is 6.78. The fourth-order valence-electron chi connectivity index (χ4n) is 4.86. The van der Waals surface area contributed by atoms with Crippen molar-refractivity contribution in [2.24, 2.45) is 9.98 Å². The van der Waals surface area contributed by atoms with E-state index in [2.05, 4.69) is 0 Å². The first-order valence-corrected chi connectivity index (χ1v) is 12.5. The van der Waals surface area contributed by atoms with E-state index in [1.165, 1.54) is 0 Å². The fourth-order valence-corrected chi connectivity index (χ4v) is 4.86. The number of aromatic hydroxyl groups is 2. The molecule has 4 nitrogen and oxygen atoms in total. The standard InChI is InChI=1S/C32H30N2O2.Ti/c35-29-21-11-7-17-25(29)31(23-13-3-1-4-14-23)33-27-19-9-10-20-28(27)34-32(24-15-5-2-6-16-24)26-18-8-12-22-30(26)36;/h1-8,11-18,21-22,27-28,35-36H,9-10,19-20H2;. The molecule has 5 heteroatoms. The van der Waals surface area contributed by atoms with E-state index in [0.29, 0.717) is 0 Å². The van der Waals surface area contributed by atoms with Gasteiger partial charge in [-0.05, 0) is 37.1 Å². The molecule has 2 N–H and O–H groups in total. The Morgan fingerprint density at radius 1 is 0.514 bits per heavy atom. The summed E-state index contributed by atoms with van der Waals surface area (Å²) in [6.07, 6.45) is 4.00. The number of aliphatic imine (C=N–C) groups is 2. The van der Waals surface area contributed by atoms with Crippen molar-refractivity contribution in [1.82, 2.24) is 0 Å².